The van der Waals surface area contributed by atoms with Gasteiger partial charge in [-0.05, 0) is 24.6 Å². The molecule has 0 unspecified atom stereocenters. The number of hydrogen-bond donors (Lipinski definition) is 1. The molecule has 0 bridgehead atoms. The summed E-state index contributed by atoms with van der Waals surface area (Å²) in [5, 5.41) is 11.7. The first-order valence-corrected chi connectivity index (χ1v) is 4.97. The van der Waals surface area contributed by atoms with Gasteiger partial charge in [-0.2, -0.15) is 5.26 Å². The van der Waals surface area contributed by atoms with E-state index in [1.807, 2.05) is 12.1 Å². The topological polar surface area (TPSA) is 62.1 Å². The van der Waals surface area contributed by atoms with Gasteiger partial charge >= 0.3 is 5.97 Å². The van der Waals surface area contributed by atoms with E-state index in [2.05, 4.69) is 16.1 Å². The summed E-state index contributed by atoms with van der Waals surface area (Å²) < 4.78 is 4.59. The van der Waals surface area contributed by atoms with E-state index in [-0.39, 0.29) is 12.0 Å². The lowest BCUT2D eigenvalue weighted by molar-refractivity contribution is -0.142. The number of nitrogens with one attached hydrogen (secondary N) is 1. The zero-order valence-electron chi connectivity index (χ0n) is 9.36. The van der Waals surface area contributed by atoms with E-state index >= 15 is 0 Å². The number of methoxy groups -OCH3 is 1. The molecule has 4 heteroatoms. The molecule has 1 atom stereocenters. The molecule has 0 saturated heterocycles. The number of hydrogen-bond acceptors (Lipinski definition) is 4. The Morgan fingerprint density at radius 2 is 2.38 bits per heavy atom. The van der Waals surface area contributed by atoms with Crippen molar-refractivity contribution < 1.29 is 9.53 Å². The lowest BCUT2D eigenvalue weighted by Crippen LogP contribution is -2.34. The van der Waals surface area contributed by atoms with E-state index < -0.39 is 0 Å². The van der Waals surface area contributed by atoms with Crippen molar-refractivity contribution in [3.63, 3.8) is 0 Å². The molecule has 16 heavy (non-hydrogen) atoms. The van der Waals surface area contributed by atoms with Crippen molar-refractivity contribution in [3.05, 3.63) is 35.4 Å². The predicted octanol–water partition coefficient (Wildman–Crippen LogP) is 1.21. The summed E-state index contributed by atoms with van der Waals surface area (Å²) in [7, 11) is 1.36. The number of carbonyl (C=O) groups excluding carboxylic acids is 1. The molecule has 0 aliphatic heterocycles. The molecule has 0 amide bonds. The fraction of sp³-hybridized carbons (Fsp3) is 0.333. The van der Waals surface area contributed by atoms with Gasteiger partial charge in [0.05, 0.1) is 18.7 Å². The monoisotopic (exact) mass is 218 g/mol. The second kappa shape index (κ2) is 5.89. The Balaban J connectivity index is 2.55. The first kappa shape index (κ1) is 12.2. The van der Waals surface area contributed by atoms with Crippen LogP contribution < -0.4 is 5.32 Å². The van der Waals surface area contributed by atoms with Crippen molar-refractivity contribution in [2.45, 2.75) is 19.5 Å². The minimum atomic E-state index is -0.351. The first-order valence-electron chi connectivity index (χ1n) is 4.97. The van der Waals surface area contributed by atoms with Crippen LogP contribution >= 0.6 is 0 Å². The lowest BCUT2D eigenvalue weighted by Gasteiger charge is -2.11. The summed E-state index contributed by atoms with van der Waals surface area (Å²) >= 11 is 0. The highest BCUT2D eigenvalue weighted by Crippen LogP contribution is 2.04. The minimum absolute atomic E-state index is 0.295. The molecule has 0 saturated carbocycles. The Bertz CT molecular complexity index is 410. The lowest BCUT2D eigenvalue weighted by atomic mass is 10.1. The van der Waals surface area contributed by atoms with Crippen LogP contribution in [-0.4, -0.2) is 19.1 Å². The highest BCUT2D eigenvalue weighted by Gasteiger charge is 2.11. The van der Waals surface area contributed by atoms with Gasteiger partial charge in [0.1, 0.15) is 6.04 Å². The van der Waals surface area contributed by atoms with Crippen LogP contribution in [0.3, 0.4) is 0 Å². The van der Waals surface area contributed by atoms with Gasteiger partial charge in [-0.15, -0.1) is 0 Å². The SMILES string of the molecule is COC(=O)[C@H](C)NCc1cccc(C#N)c1. The summed E-state index contributed by atoms with van der Waals surface area (Å²) in [5.41, 5.74) is 1.58. The van der Waals surface area contributed by atoms with Crippen molar-refractivity contribution in [2.75, 3.05) is 7.11 Å². The molecule has 4 nitrogen and oxygen atoms in total. The van der Waals surface area contributed by atoms with Gasteiger partial charge < -0.3 is 10.1 Å². The van der Waals surface area contributed by atoms with Gasteiger partial charge in [0, 0.05) is 6.54 Å². The van der Waals surface area contributed by atoms with E-state index in [0.717, 1.165) is 5.56 Å². The Morgan fingerprint density at radius 1 is 1.62 bits per heavy atom. The maximum atomic E-state index is 11.1. The van der Waals surface area contributed by atoms with Crippen LogP contribution in [-0.2, 0) is 16.1 Å². The zero-order chi connectivity index (χ0) is 12.0. The van der Waals surface area contributed by atoms with E-state index in [4.69, 9.17) is 5.26 Å². The largest absolute Gasteiger partial charge is 0.468 e. The average molecular weight is 218 g/mol. The molecule has 1 rings (SSSR count). The van der Waals surface area contributed by atoms with Crippen LogP contribution in [0.1, 0.15) is 18.1 Å². The fourth-order valence-electron chi connectivity index (χ4n) is 1.28. The van der Waals surface area contributed by atoms with Crippen molar-refractivity contribution in [1.29, 1.82) is 5.26 Å². The number of nitrogens with zero attached hydrogens (tertiary/aromatic N) is 1. The molecule has 0 radical (unpaired) electrons. The number of carbonyl (C=O) groups is 1. The van der Waals surface area contributed by atoms with Crippen LogP contribution in [0.15, 0.2) is 24.3 Å². The van der Waals surface area contributed by atoms with Gasteiger partial charge in [-0.25, -0.2) is 0 Å². The molecule has 1 aromatic carbocycles. The number of nitriles is 1. The molecule has 0 aliphatic rings. The second-order valence-electron chi connectivity index (χ2n) is 3.44. The van der Waals surface area contributed by atoms with Crippen molar-refractivity contribution in [1.82, 2.24) is 5.32 Å². The van der Waals surface area contributed by atoms with Crippen LogP contribution in [0.2, 0.25) is 0 Å². The summed E-state index contributed by atoms with van der Waals surface area (Å²) in [6.07, 6.45) is 0. The van der Waals surface area contributed by atoms with E-state index in [1.54, 1.807) is 19.1 Å². The first-order chi connectivity index (χ1) is 7.67. The highest BCUT2D eigenvalue weighted by molar-refractivity contribution is 5.75. The van der Waals surface area contributed by atoms with Crippen LogP contribution in [0, 0.1) is 11.3 Å². The predicted molar refractivity (Wildman–Crippen MR) is 59.5 cm³/mol. The molecule has 0 aliphatic carbocycles. The van der Waals surface area contributed by atoms with Gasteiger partial charge in [0.15, 0.2) is 0 Å². The number of benzene rings is 1. The fourth-order valence-corrected chi connectivity index (χ4v) is 1.28. The Kier molecular flexibility index (Phi) is 4.49. The quantitative estimate of drug-likeness (QED) is 0.771. The third-order valence-electron chi connectivity index (χ3n) is 2.22. The summed E-state index contributed by atoms with van der Waals surface area (Å²) in [6.45, 7) is 2.27. The van der Waals surface area contributed by atoms with Gasteiger partial charge in [0.25, 0.3) is 0 Å². The Morgan fingerprint density at radius 3 is 3.00 bits per heavy atom. The molecular formula is C12H14N2O2. The van der Waals surface area contributed by atoms with Crippen LogP contribution in [0.25, 0.3) is 0 Å². The average Bonchev–Trinajstić information content (AvgIpc) is 2.35. The molecule has 0 heterocycles. The van der Waals surface area contributed by atoms with Crippen molar-refractivity contribution in [3.8, 4) is 6.07 Å². The third-order valence-corrected chi connectivity index (χ3v) is 2.22. The van der Waals surface area contributed by atoms with Gasteiger partial charge in [-0.3, -0.25) is 4.79 Å². The molecule has 0 fully saturated rings. The summed E-state index contributed by atoms with van der Waals surface area (Å²) in [6, 6.07) is 8.97. The molecule has 84 valence electrons. The van der Waals surface area contributed by atoms with Gasteiger partial charge in [-0.1, -0.05) is 12.1 Å². The number of rotatable bonds is 4. The van der Waals surface area contributed by atoms with E-state index in [9.17, 15) is 4.79 Å². The number of ether oxygens (including phenoxy) is 1. The van der Waals surface area contributed by atoms with Crippen molar-refractivity contribution in [2.24, 2.45) is 0 Å². The van der Waals surface area contributed by atoms with Crippen LogP contribution in [0.4, 0.5) is 0 Å². The highest BCUT2D eigenvalue weighted by atomic mass is 16.5. The standard InChI is InChI=1S/C12H14N2O2/c1-9(12(15)16-2)14-8-11-5-3-4-10(6-11)7-13/h3-6,9,14H,8H2,1-2H3/t9-/m0/s1. The summed E-state index contributed by atoms with van der Waals surface area (Å²) in [4.78, 5) is 11.1. The molecule has 0 aromatic heterocycles. The van der Waals surface area contributed by atoms with E-state index in [0.29, 0.717) is 12.1 Å². The molecule has 0 spiro atoms. The summed E-state index contributed by atoms with van der Waals surface area (Å²) in [5.74, 6) is -0.295. The Labute approximate surface area is 94.8 Å². The maximum absolute atomic E-state index is 11.1. The van der Waals surface area contributed by atoms with E-state index in [1.165, 1.54) is 7.11 Å². The third kappa shape index (κ3) is 3.37. The molecule has 1 N–H and O–H groups in total. The molecule has 1 aromatic rings. The number of esters is 1. The second-order valence-corrected chi connectivity index (χ2v) is 3.44. The zero-order valence-corrected chi connectivity index (χ0v) is 9.36. The normalized spacial score (nSPS) is 11.6. The maximum Gasteiger partial charge on any atom is 0.322 e. The Hall–Kier alpha value is -1.86. The smallest absolute Gasteiger partial charge is 0.322 e. The van der Waals surface area contributed by atoms with Crippen molar-refractivity contribution >= 4 is 5.97 Å². The minimum Gasteiger partial charge on any atom is -0.468 e. The van der Waals surface area contributed by atoms with Gasteiger partial charge in [0.2, 0.25) is 0 Å². The van der Waals surface area contributed by atoms with Crippen LogP contribution in [0.5, 0.6) is 0 Å². The molecular weight excluding hydrogens is 204 g/mol.